The predicted octanol–water partition coefficient (Wildman–Crippen LogP) is 6.31. The van der Waals surface area contributed by atoms with Crippen LogP contribution < -0.4 is 10.6 Å². The van der Waals surface area contributed by atoms with Crippen LogP contribution in [0.25, 0.3) is 22.2 Å². The SMILES string of the molecule is CCCC(C)Nc1ncc2c(-c3ccc(CNCC(C)(C)C)cc3)cn(C3CCC(O)CC3)c2n1. The topological polar surface area (TPSA) is 75.0 Å². The van der Waals surface area contributed by atoms with Crippen molar-refractivity contribution in [2.24, 2.45) is 5.41 Å². The van der Waals surface area contributed by atoms with E-state index in [0.717, 1.165) is 62.6 Å². The lowest BCUT2D eigenvalue weighted by molar-refractivity contribution is 0.111. The number of nitrogens with zero attached hydrogens (tertiary/aromatic N) is 3. The zero-order valence-corrected chi connectivity index (χ0v) is 22.1. The van der Waals surface area contributed by atoms with Gasteiger partial charge in [-0.05, 0) is 55.6 Å². The van der Waals surface area contributed by atoms with Gasteiger partial charge in [0.15, 0.2) is 0 Å². The molecule has 1 aliphatic rings. The third-order valence-corrected chi connectivity index (χ3v) is 6.98. The Labute approximate surface area is 210 Å². The predicted molar refractivity (Wildman–Crippen MR) is 146 cm³/mol. The molecule has 2 heterocycles. The van der Waals surface area contributed by atoms with Gasteiger partial charge in [0.1, 0.15) is 5.65 Å². The lowest BCUT2D eigenvalue weighted by atomic mass is 9.93. The fourth-order valence-electron chi connectivity index (χ4n) is 5.05. The summed E-state index contributed by atoms with van der Waals surface area (Å²) in [5.74, 6) is 0.695. The molecule has 35 heavy (non-hydrogen) atoms. The summed E-state index contributed by atoms with van der Waals surface area (Å²) in [6.07, 6.45) is 9.92. The molecule has 1 aromatic carbocycles. The van der Waals surface area contributed by atoms with E-state index in [1.807, 2.05) is 6.20 Å². The Morgan fingerprint density at radius 2 is 1.83 bits per heavy atom. The number of benzene rings is 1. The van der Waals surface area contributed by atoms with Gasteiger partial charge in [-0.15, -0.1) is 0 Å². The molecule has 0 spiro atoms. The Morgan fingerprint density at radius 3 is 2.49 bits per heavy atom. The van der Waals surface area contributed by atoms with Crippen LogP contribution in [0.15, 0.2) is 36.7 Å². The zero-order valence-electron chi connectivity index (χ0n) is 22.1. The third-order valence-electron chi connectivity index (χ3n) is 6.98. The molecule has 0 radical (unpaired) electrons. The summed E-state index contributed by atoms with van der Waals surface area (Å²) in [5.41, 5.74) is 4.91. The second-order valence-electron chi connectivity index (χ2n) is 11.5. The van der Waals surface area contributed by atoms with Crippen LogP contribution in [0.1, 0.15) is 84.7 Å². The summed E-state index contributed by atoms with van der Waals surface area (Å²) in [5, 5.41) is 18.2. The van der Waals surface area contributed by atoms with Crippen molar-refractivity contribution in [2.75, 3.05) is 11.9 Å². The number of hydrogen-bond donors (Lipinski definition) is 3. The van der Waals surface area contributed by atoms with Gasteiger partial charge in [-0.2, -0.15) is 4.98 Å². The molecule has 1 saturated carbocycles. The number of rotatable bonds is 9. The maximum atomic E-state index is 10.0. The van der Waals surface area contributed by atoms with Crippen molar-refractivity contribution in [3.05, 3.63) is 42.2 Å². The van der Waals surface area contributed by atoms with E-state index in [4.69, 9.17) is 4.98 Å². The van der Waals surface area contributed by atoms with Crippen molar-refractivity contribution in [2.45, 2.75) is 97.9 Å². The smallest absolute Gasteiger partial charge is 0.224 e. The van der Waals surface area contributed by atoms with E-state index in [9.17, 15) is 5.11 Å². The maximum absolute atomic E-state index is 10.0. The van der Waals surface area contributed by atoms with Gasteiger partial charge in [0, 0.05) is 48.5 Å². The first-order valence-electron chi connectivity index (χ1n) is 13.4. The van der Waals surface area contributed by atoms with E-state index in [2.05, 4.69) is 85.3 Å². The molecule has 4 rings (SSSR count). The molecular formula is C29H43N5O. The number of hydrogen-bond acceptors (Lipinski definition) is 5. The van der Waals surface area contributed by atoms with Crippen LogP contribution in [0.5, 0.6) is 0 Å². The normalized spacial score (nSPS) is 19.7. The molecule has 190 valence electrons. The second kappa shape index (κ2) is 11.1. The highest BCUT2D eigenvalue weighted by Crippen LogP contribution is 2.36. The fourth-order valence-corrected chi connectivity index (χ4v) is 5.05. The van der Waals surface area contributed by atoms with E-state index in [0.29, 0.717) is 18.0 Å². The Kier molecular flexibility index (Phi) is 8.12. The molecule has 0 aliphatic heterocycles. The summed E-state index contributed by atoms with van der Waals surface area (Å²) >= 11 is 0. The Morgan fingerprint density at radius 1 is 1.11 bits per heavy atom. The average Bonchev–Trinajstić information content (AvgIpc) is 3.18. The van der Waals surface area contributed by atoms with Gasteiger partial charge in [-0.25, -0.2) is 4.98 Å². The molecule has 1 unspecified atom stereocenters. The van der Waals surface area contributed by atoms with Crippen LogP contribution >= 0.6 is 0 Å². The van der Waals surface area contributed by atoms with Crippen LogP contribution in [0.3, 0.4) is 0 Å². The molecule has 1 aliphatic carbocycles. The minimum absolute atomic E-state index is 0.172. The van der Waals surface area contributed by atoms with Gasteiger partial charge in [-0.3, -0.25) is 0 Å². The highest BCUT2D eigenvalue weighted by atomic mass is 16.3. The largest absolute Gasteiger partial charge is 0.393 e. The highest BCUT2D eigenvalue weighted by Gasteiger charge is 2.24. The van der Waals surface area contributed by atoms with E-state index in [1.165, 1.54) is 16.7 Å². The lowest BCUT2D eigenvalue weighted by Crippen LogP contribution is -2.26. The van der Waals surface area contributed by atoms with Gasteiger partial charge >= 0.3 is 0 Å². The van der Waals surface area contributed by atoms with E-state index >= 15 is 0 Å². The molecular weight excluding hydrogens is 434 g/mol. The number of nitrogens with one attached hydrogen (secondary N) is 2. The summed E-state index contributed by atoms with van der Waals surface area (Å²) in [6.45, 7) is 13.0. The summed E-state index contributed by atoms with van der Waals surface area (Å²) in [7, 11) is 0. The monoisotopic (exact) mass is 477 g/mol. The number of aromatic nitrogens is 3. The van der Waals surface area contributed by atoms with Crippen LogP contribution in [0, 0.1) is 5.41 Å². The quantitative estimate of drug-likeness (QED) is 0.337. The molecule has 6 heteroatoms. The Hall–Kier alpha value is -2.44. The molecule has 3 N–H and O–H groups in total. The van der Waals surface area contributed by atoms with Gasteiger partial charge < -0.3 is 20.3 Å². The molecule has 1 atom stereocenters. The molecule has 2 aromatic heterocycles. The van der Waals surface area contributed by atoms with Crippen LogP contribution in [-0.2, 0) is 6.54 Å². The molecule has 0 bridgehead atoms. The fraction of sp³-hybridized carbons (Fsp3) is 0.586. The van der Waals surface area contributed by atoms with E-state index in [-0.39, 0.29) is 11.5 Å². The Bertz CT molecular complexity index is 1090. The van der Waals surface area contributed by atoms with Gasteiger partial charge in [0.05, 0.1) is 6.10 Å². The van der Waals surface area contributed by atoms with Crippen LogP contribution in [0.4, 0.5) is 5.95 Å². The summed E-state index contributed by atoms with van der Waals surface area (Å²) in [6, 6.07) is 9.56. The van der Waals surface area contributed by atoms with E-state index < -0.39 is 0 Å². The second-order valence-corrected chi connectivity index (χ2v) is 11.5. The highest BCUT2D eigenvalue weighted by molar-refractivity contribution is 5.94. The summed E-state index contributed by atoms with van der Waals surface area (Å²) < 4.78 is 2.34. The first-order valence-corrected chi connectivity index (χ1v) is 13.4. The van der Waals surface area contributed by atoms with Crippen molar-refractivity contribution >= 4 is 17.0 Å². The first-order chi connectivity index (χ1) is 16.7. The molecule has 6 nitrogen and oxygen atoms in total. The Balaban J connectivity index is 1.63. The third kappa shape index (κ3) is 6.62. The number of anilines is 1. The van der Waals surface area contributed by atoms with Crippen molar-refractivity contribution in [1.82, 2.24) is 19.9 Å². The van der Waals surface area contributed by atoms with Crippen molar-refractivity contribution in [3.8, 4) is 11.1 Å². The van der Waals surface area contributed by atoms with Crippen LogP contribution in [-0.4, -0.2) is 38.3 Å². The molecule has 0 saturated heterocycles. The van der Waals surface area contributed by atoms with Gasteiger partial charge in [0.2, 0.25) is 5.95 Å². The zero-order chi connectivity index (χ0) is 25.0. The van der Waals surface area contributed by atoms with Gasteiger partial charge in [0.25, 0.3) is 0 Å². The van der Waals surface area contributed by atoms with E-state index in [1.54, 1.807) is 0 Å². The lowest BCUT2D eigenvalue weighted by Gasteiger charge is -2.27. The minimum Gasteiger partial charge on any atom is -0.393 e. The van der Waals surface area contributed by atoms with Crippen LogP contribution in [0.2, 0.25) is 0 Å². The average molecular weight is 478 g/mol. The molecule has 3 aromatic rings. The molecule has 1 fully saturated rings. The first kappa shape index (κ1) is 25.6. The maximum Gasteiger partial charge on any atom is 0.224 e. The number of aliphatic hydroxyl groups is 1. The summed E-state index contributed by atoms with van der Waals surface area (Å²) in [4.78, 5) is 9.67. The number of aliphatic hydroxyl groups excluding tert-OH is 1. The number of fused-ring (bicyclic) bond motifs is 1. The van der Waals surface area contributed by atoms with Crippen molar-refractivity contribution in [1.29, 1.82) is 0 Å². The van der Waals surface area contributed by atoms with Crippen molar-refractivity contribution < 1.29 is 5.11 Å². The van der Waals surface area contributed by atoms with Gasteiger partial charge in [-0.1, -0.05) is 58.4 Å². The standard InChI is InChI=1S/C29H43N5O/c1-6-7-20(2)32-28-31-17-25-26(18-34(27(25)33-28)23-12-14-24(35)15-13-23)22-10-8-21(9-11-22)16-30-19-29(3,4)5/h8-11,17-18,20,23-24,30,35H,6-7,12-16,19H2,1-5H3,(H,31,32,33). The minimum atomic E-state index is -0.172. The molecule has 0 amide bonds. The van der Waals surface area contributed by atoms with Crippen molar-refractivity contribution in [3.63, 3.8) is 0 Å².